The Kier molecular flexibility index (Phi) is 3.25. The summed E-state index contributed by atoms with van der Waals surface area (Å²) in [5.41, 5.74) is -0.00392. The lowest BCUT2D eigenvalue weighted by Gasteiger charge is -2.33. The molecular formula is C11H14ClNO2. The molecule has 0 bridgehead atoms. The predicted molar refractivity (Wildman–Crippen MR) is 61.7 cm³/mol. The summed E-state index contributed by atoms with van der Waals surface area (Å²) in [7, 11) is 0. The molecular weight excluding hydrogens is 214 g/mol. The molecule has 15 heavy (non-hydrogen) atoms. The molecule has 0 aliphatic heterocycles. The van der Waals surface area contributed by atoms with Crippen LogP contribution in [0.3, 0.4) is 0 Å². The molecule has 0 aliphatic rings. The molecule has 0 heterocycles. The van der Waals surface area contributed by atoms with Crippen molar-refractivity contribution in [3.05, 3.63) is 29.3 Å². The maximum Gasteiger partial charge on any atom is 0.412 e. The Morgan fingerprint density at radius 3 is 2.27 bits per heavy atom. The van der Waals surface area contributed by atoms with E-state index >= 15 is 0 Å². The molecule has 4 heteroatoms. The first-order valence-corrected chi connectivity index (χ1v) is 4.99. The molecule has 0 aromatic heterocycles. The van der Waals surface area contributed by atoms with Crippen molar-refractivity contribution in [2.75, 3.05) is 4.90 Å². The minimum atomic E-state index is -1.00. The molecule has 3 nitrogen and oxygen atoms in total. The molecule has 0 spiro atoms. The molecule has 0 atom stereocenters. The van der Waals surface area contributed by atoms with E-state index in [1.54, 1.807) is 24.3 Å². The van der Waals surface area contributed by atoms with Crippen LogP contribution in [-0.4, -0.2) is 16.7 Å². The fourth-order valence-corrected chi connectivity index (χ4v) is 1.60. The van der Waals surface area contributed by atoms with Gasteiger partial charge in [-0.2, -0.15) is 0 Å². The van der Waals surface area contributed by atoms with E-state index in [4.69, 9.17) is 16.7 Å². The number of nitrogens with zero attached hydrogens (tertiary/aromatic N) is 1. The number of carboxylic acid groups (broad SMARTS) is 1. The fourth-order valence-electron chi connectivity index (χ4n) is 1.38. The van der Waals surface area contributed by atoms with Crippen molar-refractivity contribution in [2.24, 2.45) is 0 Å². The van der Waals surface area contributed by atoms with Gasteiger partial charge in [0.05, 0.1) is 10.7 Å². The summed E-state index contributed by atoms with van der Waals surface area (Å²) in [6.45, 7) is 5.47. The van der Waals surface area contributed by atoms with Crippen LogP contribution < -0.4 is 4.90 Å². The van der Waals surface area contributed by atoms with Crippen LogP contribution in [0.25, 0.3) is 0 Å². The van der Waals surface area contributed by atoms with Crippen LogP contribution in [0, 0.1) is 0 Å². The zero-order valence-electron chi connectivity index (χ0n) is 8.99. The highest BCUT2D eigenvalue weighted by atomic mass is 35.5. The van der Waals surface area contributed by atoms with E-state index in [9.17, 15) is 4.79 Å². The summed E-state index contributed by atoms with van der Waals surface area (Å²) >= 11 is 5.96. The van der Waals surface area contributed by atoms with Crippen molar-refractivity contribution in [3.8, 4) is 0 Å². The summed E-state index contributed by atoms with van der Waals surface area (Å²) < 4.78 is 0. The van der Waals surface area contributed by atoms with Gasteiger partial charge < -0.3 is 5.11 Å². The smallest absolute Gasteiger partial charge is 0.412 e. The highest BCUT2D eigenvalue weighted by Gasteiger charge is 2.28. The monoisotopic (exact) mass is 227 g/mol. The van der Waals surface area contributed by atoms with Gasteiger partial charge >= 0.3 is 6.09 Å². The molecule has 1 aromatic rings. The number of benzene rings is 1. The van der Waals surface area contributed by atoms with E-state index in [0.29, 0.717) is 10.7 Å². The zero-order chi connectivity index (χ0) is 11.6. The number of anilines is 1. The van der Waals surface area contributed by atoms with Gasteiger partial charge in [0.15, 0.2) is 0 Å². The average Bonchev–Trinajstić information content (AvgIpc) is 2.05. The summed E-state index contributed by atoms with van der Waals surface area (Å²) in [6, 6.07) is 6.91. The molecule has 82 valence electrons. The van der Waals surface area contributed by atoms with Crippen LogP contribution >= 0.6 is 11.6 Å². The number of halogens is 1. The van der Waals surface area contributed by atoms with E-state index in [2.05, 4.69) is 0 Å². The van der Waals surface area contributed by atoms with Gasteiger partial charge in [-0.25, -0.2) is 4.79 Å². The average molecular weight is 228 g/mol. The lowest BCUT2D eigenvalue weighted by atomic mass is 10.1. The topological polar surface area (TPSA) is 40.5 Å². The van der Waals surface area contributed by atoms with Crippen LogP contribution in [0.1, 0.15) is 20.8 Å². The Hall–Kier alpha value is -1.22. The second-order valence-electron chi connectivity index (χ2n) is 4.24. The third kappa shape index (κ3) is 2.63. The van der Waals surface area contributed by atoms with Gasteiger partial charge in [-0.15, -0.1) is 0 Å². The van der Waals surface area contributed by atoms with Crippen molar-refractivity contribution in [1.29, 1.82) is 0 Å². The first-order chi connectivity index (χ1) is 6.84. The van der Waals surface area contributed by atoms with E-state index < -0.39 is 11.6 Å². The molecule has 1 aromatic carbocycles. The van der Waals surface area contributed by atoms with Crippen LogP contribution in [0.15, 0.2) is 24.3 Å². The molecule has 0 fully saturated rings. The van der Waals surface area contributed by atoms with Crippen molar-refractivity contribution in [3.63, 3.8) is 0 Å². The van der Waals surface area contributed by atoms with E-state index in [1.807, 2.05) is 20.8 Å². The van der Waals surface area contributed by atoms with Gasteiger partial charge in [-0.1, -0.05) is 23.7 Å². The zero-order valence-corrected chi connectivity index (χ0v) is 9.75. The second kappa shape index (κ2) is 4.11. The molecule has 1 amide bonds. The third-order valence-corrected chi connectivity index (χ3v) is 2.28. The van der Waals surface area contributed by atoms with Gasteiger partial charge in [0.2, 0.25) is 0 Å². The summed E-state index contributed by atoms with van der Waals surface area (Å²) in [6.07, 6.45) is -1.00. The number of rotatable bonds is 1. The number of amides is 1. The Bertz CT molecular complexity index is 371. The lowest BCUT2D eigenvalue weighted by molar-refractivity contribution is 0.195. The highest BCUT2D eigenvalue weighted by Crippen LogP contribution is 2.30. The van der Waals surface area contributed by atoms with Crippen molar-refractivity contribution in [1.82, 2.24) is 0 Å². The van der Waals surface area contributed by atoms with Crippen molar-refractivity contribution < 1.29 is 9.90 Å². The van der Waals surface area contributed by atoms with Gasteiger partial charge in [-0.05, 0) is 32.9 Å². The van der Waals surface area contributed by atoms with E-state index in [-0.39, 0.29) is 0 Å². The van der Waals surface area contributed by atoms with E-state index in [0.717, 1.165) is 0 Å². The maximum atomic E-state index is 11.2. The molecule has 0 radical (unpaired) electrons. The summed E-state index contributed by atoms with van der Waals surface area (Å²) in [5.74, 6) is 0. The SMILES string of the molecule is CC(C)(C)N(C(=O)O)c1ccccc1Cl. The third-order valence-electron chi connectivity index (χ3n) is 1.96. The Morgan fingerprint density at radius 2 is 1.87 bits per heavy atom. The van der Waals surface area contributed by atoms with Crippen LogP contribution in [0.2, 0.25) is 5.02 Å². The largest absolute Gasteiger partial charge is 0.465 e. The second-order valence-corrected chi connectivity index (χ2v) is 4.65. The molecule has 0 saturated heterocycles. The number of para-hydroxylation sites is 1. The van der Waals surface area contributed by atoms with Gasteiger partial charge in [0, 0.05) is 5.54 Å². The number of hydrogen-bond donors (Lipinski definition) is 1. The van der Waals surface area contributed by atoms with Crippen molar-refractivity contribution in [2.45, 2.75) is 26.3 Å². The van der Waals surface area contributed by atoms with Crippen LogP contribution in [0.5, 0.6) is 0 Å². The standard InChI is InChI=1S/C11H14ClNO2/c1-11(2,3)13(10(14)15)9-7-5-4-6-8(9)12/h4-7H,1-3H3,(H,14,15). The molecule has 1 rings (SSSR count). The maximum absolute atomic E-state index is 11.2. The first-order valence-electron chi connectivity index (χ1n) is 4.61. The highest BCUT2D eigenvalue weighted by molar-refractivity contribution is 6.33. The van der Waals surface area contributed by atoms with E-state index in [1.165, 1.54) is 4.90 Å². The molecule has 0 saturated carbocycles. The van der Waals surface area contributed by atoms with Crippen molar-refractivity contribution >= 4 is 23.4 Å². The summed E-state index contributed by atoms with van der Waals surface area (Å²) in [4.78, 5) is 12.4. The number of carbonyl (C=O) groups is 1. The van der Waals surface area contributed by atoms with Gasteiger partial charge in [0.1, 0.15) is 0 Å². The summed E-state index contributed by atoms with van der Waals surface area (Å²) in [5, 5.41) is 9.59. The molecule has 0 unspecified atom stereocenters. The molecule has 0 aliphatic carbocycles. The lowest BCUT2D eigenvalue weighted by Crippen LogP contribution is -2.45. The first kappa shape index (κ1) is 11.9. The fraction of sp³-hybridized carbons (Fsp3) is 0.364. The van der Waals surface area contributed by atoms with Gasteiger partial charge in [-0.3, -0.25) is 4.90 Å². The van der Waals surface area contributed by atoms with Gasteiger partial charge in [0.25, 0.3) is 0 Å². The Morgan fingerprint density at radius 1 is 1.33 bits per heavy atom. The molecule has 1 N–H and O–H groups in total. The minimum Gasteiger partial charge on any atom is -0.465 e. The quantitative estimate of drug-likeness (QED) is 0.796. The Labute approximate surface area is 94.3 Å². The van der Waals surface area contributed by atoms with Crippen LogP contribution in [0.4, 0.5) is 10.5 Å². The minimum absolute atomic E-state index is 0.440. The number of hydrogen-bond acceptors (Lipinski definition) is 1. The predicted octanol–water partition coefficient (Wildman–Crippen LogP) is 3.62. The van der Waals surface area contributed by atoms with Crippen LogP contribution in [-0.2, 0) is 0 Å². The Balaban J connectivity index is 3.23. The normalized spacial score (nSPS) is 11.2.